The van der Waals surface area contributed by atoms with Crippen molar-refractivity contribution in [2.75, 3.05) is 13.1 Å². The number of piperidine rings is 1. The molecule has 0 saturated carbocycles. The molecule has 0 aromatic carbocycles. The van der Waals surface area contributed by atoms with Crippen molar-refractivity contribution in [3.63, 3.8) is 0 Å². The maximum atomic E-state index is 12.3. The number of nitrogens with one attached hydrogen (secondary N) is 1. The zero-order valence-corrected chi connectivity index (χ0v) is 13.2. The monoisotopic (exact) mass is 283 g/mol. The van der Waals surface area contributed by atoms with E-state index in [1.165, 1.54) is 0 Å². The number of primary amides is 1. The molecular weight excluding hydrogens is 254 g/mol. The van der Waals surface area contributed by atoms with Gasteiger partial charge in [-0.15, -0.1) is 0 Å². The SMILES string of the molecule is CC(C)N[C@@H](CC1CCN(C(N)=O)CC1)C(=O)C(C)C. The van der Waals surface area contributed by atoms with Gasteiger partial charge in [0, 0.05) is 25.0 Å². The molecule has 1 aliphatic rings. The summed E-state index contributed by atoms with van der Waals surface area (Å²) >= 11 is 0. The number of Topliss-reactive ketones (excluding diaryl/α,β-unsaturated/α-hetero) is 1. The molecular formula is C15H29N3O2. The first-order valence-corrected chi connectivity index (χ1v) is 7.65. The third kappa shape index (κ3) is 5.12. The minimum atomic E-state index is -0.335. The van der Waals surface area contributed by atoms with Gasteiger partial charge in [-0.05, 0) is 25.2 Å². The van der Waals surface area contributed by atoms with Crippen LogP contribution in [0.2, 0.25) is 0 Å². The quantitative estimate of drug-likeness (QED) is 0.780. The second-order valence-electron chi connectivity index (χ2n) is 6.44. The van der Waals surface area contributed by atoms with Crippen molar-refractivity contribution in [2.45, 2.75) is 59.0 Å². The molecule has 116 valence electrons. The van der Waals surface area contributed by atoms with Crippen molar-refractivity contribution in [2.24, 2.45) is 17.6 Å². The second-order valence-corrected chi connectivity index (χ2v) is 6.44. The van der Waals surface area contributed by atoms with Gasteiger partial charge in [0.25, 0.3) is 0 Å². The average Bonchev–Trinajstić information content (AvgIpc) is 2.37. The summed E-state index contributed by atoms with van der Waals surface area (Å²) in [5, 5.41) is 3.39. The van der Waals surface area contributed by atoms with Crippen LogP contribution in [0.1, 0.15) is 47.0 Å². The van der Waals surface area contributed by atoms with Crippen LogP contribution in [0.3, 0.4) is 0 Å². The van der Waals surface area contributed by atoms with Crippen LogP contribution >= 0.6 is 0 Å². The van der Waals surface area contributed by atoms with E-state index in [-0.39, 0.29) is 23.8 Å². The number of hydrogen-bond donors (Lipinski definition) is 2. The molecule has 5 nitrogen and oxygen atoms in total. The maximum absolute atomic E-state index is 12.3. The highest BCUT2D eigenvalue weighted by Crippen LogP contribution is 2.23. The van der Waals surface area contributed by atoms with Gasteiger partial charge in [0.05, 0.1) is 6.04 Å². The fourth-order valence-electron chi connectivity index (χ4n) is 2.79. The standard InChI is InChI=1S/C15H29N3O2/c1-10(2)14(19)13(17-11(3)4)9-12-5-7-18(8-6-12)15(16)20/h10-13,17H,5-9H2,1-4H3,(H2,16,20)/t13-/m0/s1. The van der Waals surface area contributed by atoms with Gasteiger partial charge in [-0.25, -0.2) is 4.79 Å². The summed E-state index contributed by atoms with van der Waals surface area (Å²) in [5.41, 5.74) is 5.29. The molecule has 1 aliphatic heterocycles. The van der Waals surface area contributed by atoms with Gasteiger partial charge in [-0.1, -0.05) is 27.7 Å². The highest BCUT2D eigenvalue weighted by atomic mass is 16.2. The smallest absolute Gasteiger partial charge is 0.314 e. The number of likely N-dealkylation sites (tertiary alicyclic amines) is 1. The number of ketones is 1. The Morgan fingerprint density at radius 3 is 2.15 bits per heavy atom. The molecule has 3 N–H and O–H groups in total. The number of carbonyl (C=O) groups is 2. The first kappa shape index (κ1) is 17.0. The number of urea groups is 1. The van der Waals surface area contributed by atoms with Crippen molar-refractivity contribution < 1.29 is 9.59 Å². The first-order valence-electron chi connectivity index (χ1n) is 7.65. The molecule has 1 saturated heterocycles. The minimum Gasteiger partial charge on any atom is -0.351 e. The van der Waals surface area contributed by atoms with E-state index in [0.717, 1.165) is 19.3 Å². The van der Waals surface area contributed by atoms with E-state index in [0.29, 0.717) is 25.0 Å². The molecule has 0 bridgehead atoms. The Morgan fingerprint density at radius 1 is 1.20 bits per heavy atom. The predicted octanol–water partition coefficient (Wildman–Crippen LogP) is 1.76. The van der Waals surface area contributed by atoms with Gasteiger partial charge in [0.15, 0.2) is 5.78 Å². The van der Waals surface area contributed by atoms with Crippen LogP contribution in [-0.2, 0) is 4.79 Å². The van der Waals surface area contributed by atoms with E-state index in [1.807, 2.05) is 13.8 Å². The summed E-state index contributed by atoms with van der Waals surface area (Å²) < 4.78 is 0. The van der Waals surface area contributed by atoms with Crippen LogP contribution < -0.4 is 11.1 Å². The number of nitrogens with zero attached hydrogens (tertiary/aromatic N) is 1. The highest BCUT2D eigenvalue weighted by molar-refractivity contribution is 5.85. The highest BCUT2D eigenvalue weighted by Gasteiger charge is 2.28. The zero-order valence-electron chi connectivity index (χ0n) is 13.2. The van der Waals surface area contributed by atoms with E-state index < -0.39 is 0 Å². The molecule has 0 spiro atoms. The summed E-state index contributed by atoms with van der Waals surface area (Å²) in [4.78, 5) is 25.1. The number of nitrogens with two attached hydrogens (primary N) is 1. The van der Waals surface area contributed by atoms with Gasteiger partial charge in [0.2, 0.25) is 0 Å². The Balaban J connectivity index is 2.54. The maximum Gasteiger partial charge on any atom is 0.314 e. The van der Waals surface area contributed by atoms with E-state index in [2.05, 4.69) is 19.2 Å². The molecule has 0 radical (unpaired) electrons. The van der Waals surface area contributed by atoms with E-state index in [9.17, 15) is 9.59 Å². The third-order valence-corrected chi connectivity index (χ3v) is 3.94. The lowest BCUT2D eigenvalue weighted by atomic mass is 9.86. The summed E-state index contributed by atoms with van der Waals surface area (Å²) in [5.74, 6) is 0.831. The van der Waals surface area contributed by atoms with Crippen LogP contribution in [0.4, 0.5) is 4.79 Å². The fourth-order valence-corrected chi connectivity index (χ4v) is 2.79. The van der Waals surface area contributed by atoms with E-state index in [4.69, 9.17) is 5.73 Å². The number of rotatable bonds is 6. The van der Waals surface area contributed by atoms with Crippen molar-refractivity contribution in [1.29, 1.82) is 0 Å². The van der Waals surface area contributed by atoms with E-state index >= 15 is 0 Å². The molecule has 20 heavy (non-hydrogen) atoms. The first-order chi connectivity index (χ1) is 9.31. The molecule has 0 aromatic rings. The summed E-state index contributed by atoms with van der Waals surface area (Å²) in [6.07, 6.45) is 2.73. The van der Waals surface area contributed by atoms with Crippen LogP contribution in [0.25, 0.3) is 0 Å². The van der Waals surface area contributed by atoms with Crippen LogP contribution in [0.15, 0.2) is 0 Å². The lowest BCUT2D eigenvalue weighted by molar-refractivity contribution is -0.124. The summed E-state index contributed by atoms with van der Waals surface area (Å²) in [6, 6.07) is -0.105. The number of carbonyl (C=O) groups excluding carboxylic acids is 2. The van der Waals surface area contributed by atoms with Crippen molar-refractivity contribution in [1.82, 2.24) is 10.2 Å². The van der Waals surface area contributed by atoms with Gasteiger partial charge in [-0.2, -0.15) is 0 Å². The van der Waals surface area contributed by atoms with Crippen LogP contribution in [0.5, 0.6) is 0 Å². The molecule has 1 atom stereocenters. The second kappa shape index (κ2) is 7.62. The molecule has 1 heterocycles. The molecule has 0 aromatic heterocycles. The molecule has 2 amide bonds. The van der Waals surface area contributed by atoms with Crippen LogP contribution in [-0.4, -0.2) is 41.9 Å². The minimum absolute atomic E-state index is 0.0527. The Hall–Kier alpha value is -1.10. The van der Waals surface area contributed by atoms with Crippen LogP contribution in [0, 0.1) is 11.8 Å². The Bertz CT molecular complexity index is 334. The Kier molecular flexibility index (Phi) is 6.46. The normalized spacial score (nSPS) is 18.6. The topological polar surface area (TPSA) is 75.4 Å². The molecule has 0 aliphatic carbocycles. The third-order valence-electron chi connectivity index (χ3n) is 3.94. The summed E-state index contributed by atoms with van der Waals surface area (Å²) in [6.45, 7) is 9.46. The zero-order chi connectivity index (χ0) is 15.3. The largest absolute Gasteiger partial charge is 0.351 e. The van der Waals surface area contributed by atoms with Crippen molar-refractivity contribution in [3.05, 3.63) is 0 Å². The molecule has 1 rings (SSSR count). The number of hydrogen-bond acceptors (Lipinski definition) is 3. The number of amides is 2. The lowest BCUT2D eigenvalue weighted by Gasteiger charge is -2.33. The van der Waals surface area contributed by atoms with Crippen molar-refractivity contribution in [3.8, 4) is 0 Å². The Morgan fingerprint density at radius 2 is 1.75 bits per heavy atom. The van der Waals surface area contributed by atoms with Gasteiger partial charge >= 0.3 is 6.03 Å². The molecule has 0 unspecified atom stereocenters. The summed E-state index contributed by atoms with van der Waals surface area (Å²) in [7, 11) is 0. The van der Waals surface area contributed by atoms with Crippen molar-refractivity contribution >= 4 is 11.8 Å². The van der Waals surface area contributed by atoms with Gasteiger partial charge < -0.3 is 16.0 Å². The van der Waals surface area contributed by atoms with Gasteiger partial charge in [-0.3, -0.25) is 4.79 Å². The molecule has 5 heteroatoms. The molecule has 1 fully saturated rings. The average molecular weight is 283 g/mol. The fraction of sp³-hybridized carbons (Fsp3) is 0.867. The van der Waals surface area contributed by atoms with Gasteiger partial charge in [0.1, 0.15) is 0 Å². The van der Waals surface area contributed by atoms with E-state index in [1.54, 1.807) is 4.90 Å². The predicted molar refractivity (Wildman–Crippen MR) is 80.4 cm³/mol. The lowest BCUT2D eigenvalue weighted by Crippen LogP contribution is -2.46. The Labute approximate surface area is 122 Å².